The molecule has 6 heteroatoms. The molecule has 0 spiro atoms. The molecular formula is C14H14FN5. The van der Waals surface area contributed by atoms with Crippen molar-refractivity contribution in [3.63, 3.8) is 0 Å². The standard InChI is InChI=1S/C14H14FN5/c1-8-4-11-12(5-9(8)2)20(7-18-11)13-10(15)6-17-14(16-3)19-13/h4-7H,1-3H3,(H,16,17,19). The number of fused-ring (bicyclic) bond motifs is 1. The van der Waals surface area contributed by atoms with E-state index in [2.05, 4.69) is 20.3 Å². The molecule has 3 rings (SSSR count). The first kappa shape index (κ1) is 12.5. The molecular weight excluding hydrogens is 257 g/mol. The van der Waals surface area contributed by atoms with Gasteiger partial charge in [0.25, 0.3) is 0 Å². The highest BCUT2D eigenvalue weighted by Crippen LogP contribution is 2.22. The maximum Gasteiger partial charge on any atom is 0.224 e. The van der Waals surface area contributed by atoms with Crippen molar-refractivity contribution in [1.82, 2.24) is 19.5 Å². The summed E-state index contributed by atoms with van der Waals surface area (Å²) in [5.41, 5.74) is 3.93. The lowest BCUT2D eigenvalue weighted by Crippen LogP contribution is -2.05. The zero-order valence-electron chi connectivity index (χ0n) is 11.5. The molecule has 0 aliphatic heterocycles. The van der Waals surface area contributed by atoms with Crippen molar-refractivity contribution < 1.29 is 4.39 Å². The number of hydrogen-bond donors (Lipinski definition) is 1. The van der Waals surface area contributed by atoms with Crippen molar-refractivity contribution in [2.75, 3.05) is 12.4 Å². The van der Waals surface area contributed by atoms with Crippen LogP contribution in [0.4, 0.5) is 10.3 Å². The van der Waals surface area contributed by atoms with Crippen LogP contribution >= 0.6 is 0 Å². The molecule has 5 nitrogen and oxygen atoms in total. The van der Waals surface area contributed by atoms with E-state index in [1.54, 1.807) is 17.9 Å². The van der Waals surface area contributed by atoms with Crippen LogP contribution in [0.25, 0.3) is 16.9 Å². The van der Waals surface area contributed by atoms with Crippen LogP contribution in [0.3, 0.4) is 0 Å². The summed E-state index contributed by atoms with van der Waals surface area (Å²) in [6.07, 6.45) is 2.73. The number of aromatic nitrogens is 4. The Balaban J connectivity index is 2.27. The fourth-order valence-corrected chi connectivity index (χ4v) is 2.08. The Kier molecular flexibility index (Phi) is 2.85. The quantitative estimate of drug-likeness (QED) is 0.778. The summed E-state index contributed by atoms with van der Waals surface area (Å²) in [5, 5.41) is 2.80. The molecule has 0 aliphatic carbocycles. The molecule has 0 atom stereocenters. The van der Waals surface area contributed by atoms with Gasteiger partial charge in [0.15, 0.2) is 11.6 Å². The van der Waals surface area contributed by atoms with E-state index >= 15 is 0 Å². The molecule has 2 heterocycles. The number of rotatable bonds is 2. The molecule has 0 fully saturated rings. The number of nitrogens with zero attached hydrogens (tertiary/aromatic N) is 4. The average molecular weight is 271 g/mol. The van der Waals surface area contributed by atoms with Gasteiger partial charge < -0.3 is 5.32 Å². The third-order valence-corrected chi connectivity index (χ3v) is 3.34. The van der Waals surface area contributed by atoms with Crippen molar-refractivity contribution in [3.8, 4) is 5.82 Å². The Morgan fingerprint density at radius 3 is 2.65 bits per heavy atom. The van der Waals surface area contributed by atoms with Gasteiger partial charge in [0, 0.05) is 7.05 Å². The minimum absolute atomic E-state index is 0.190. The highest BCUT2D eigenvalue weighted by atomic mass is 19.1. The minimum atomic E-state index is -0.485. The minimum Gasteiger partial charge on any atom is -0.357 e. The van der Waals surface area contributed by atoms with Gasteiger partial charge in [-0.15, -0.1) is 0 Å². The molecule has 0 saturated heterocycles. The Morgan fingerprint density at radius 2 is 1.90 bits per heavy atom. The average Bonchev–Trinajstić information content (AvgIpc) is 2.83. The van der Waals surface area contributed by atoms with Crippen LogP contribution in [-0.2, 0) is 0 Å². The molecule has 0 amide bonds. The second-order valence-electron chi connectivity index (χ2n) is 4.65. The fourth-order valence-electron chi connectivity index (χ4n) is 2.08. The first-order chi connectivity index (χ1) is 9.60. The van der Waals surface area contributed by atoms with Crippen LogP contribution in [0.5, 0.6) is 0 Å². The lowest BCUT2D eigenvalue weighted by atomic mass is 10.1. The van der Waals surface area contributed by atoms with Gasteiger partial charge in [-0.2, -0.15) is 4.98 Å². The SMILES string of the molecule is CNc1ncc(F)c(-n2cnc3cc(C)c(C)cc32)n1. The lowest BCUT2D eigenvalue weighted by molar-refractivity contribution is 0.604. The molecule has 0 aliphatic rings. The number of anilines is 1. The molecule has 1 aromatic carbocycles. The number of halogens is 1. The maximum atomic E-state index is 14.0. The van der Waals surface area contributed by atoms with Gasteiger partial charge in [-0.25, -0.2) is 14.4 Å². The summed E-state index contributed by atoms with van der Waals surface area (Å²) < 4.78 is 15.6. The fraction of sp³-hybridized carbons (Fsp3) is 0.214. The van der Waals surface area contributed by atoms with Gasteiger partial charge in [-0.05, 0) is 37.1 Å². The van der Waals surface area contributed by atoms with Crippen molar-refractivity contribution in [2.45, 2.75) is 13.8 Å². The van der Waals surface area contributed by atoms with E-state index in [-0.39, 0.29) is 5.82 Å². The Bertz CT molecular complexity index is 794. The van der Waals surface area contributed by atoms with Gasteiger partial charge in [-0.1, -0.05) is 0 Å². The molecule has 1 N–H and O–H groups in total. The second-order valence-corrected chi connectivity index (χ2v) is 4.65. The molecule has 2 aromatic heterocycles. The van der Waals surface area contributed by atoms with Crippen molar-refractivity contribution >= 4 is 17.0 Å². The molecule has 102 valence electrons. The Morgan fingerprint density at radius 1 is 1.15 bits per heavy atom. The molecule has 0 bridgehead atoms. The van der Waals surface area contributed by atoms with Gasteiger partial charge in [-0.3, -0.25) is 4.57 Å². The summed E-state index contributed by atoms with van der Waals surface area (Å²) in [5.74, 6) is 0.0729. The van der Waals surface area contributed by atoms with Gasteiger partial charge in [0.1, 0.15) is 6.33 Å². The monoisotopic (exact) mass is 271 g/mol. The second kappa shape index (κ2) is 4.56. The zero-order chi connectivity index (χ0) is 14.3. The van der Waals surface area contributed by atoms with Crippen molar-refractivity contribution in [1.29, 1.82) is 0 Å². The normalized spacial score (nSPS) is 11.0. The predicted octanol–water partition coefficient (Wildman–Crippen LogP) is 2.61. The van der Waals surface area contributed by atoms with E-state index in [9.17, 15) is 4.39 Å². The van der Waals surface area contributed by atoms with Crippen LogP contribution in [-0.4, -0.2) is 26.6 Å². The Labute approximate surface area is 115 Å². The van der Waals surface area contributed by atoms with E-state index in [4.69, 9.17) is 0 Å². The van der Waals surface area contributed by atoms with Crippen LogP contribution in [0.2, 0.25) is 0 Å². The smallest absolute Gasteiger partial charge is 0.224 e. The van der Waals surface area contributed by atoms with E-state index < -0.39 is 5.82 Å². The van der Waals surface area contributed by atoms with E-state index in [1.165, 1.54) is 0 Å². The summed E-state index contributed by atoms with van der Waals surface area (Å²) in [7, 11) is 1.69. The number of aryl methyl sites for hydroxylation is 2. The number of nitrogens with one attached hydrogen (secondary N) is 1. The van der Waals surface area contributed by atoms with Gasteiger partial charge >= 0.3 is 0 Å². The largest absolute Gasteiger partial charge is 0.357 e. The zero-order valence-corrected chi connectivity index (χ0v) is 11.5. The maximum absolute atomic E-state index is 14.0. The van der Waals surface area contributed by atoms with Crippen molar-refractivity contribution in [2.24, 2.45) is 0 Å². The number of imidazole rings is 1. The van der Waals surface area contributed by atoms with E-state index in [0.29, 0.717) is 5.95 Å². The summed E-state index contributed by atoms with van der Waals surface area (Å²) in [6.45, 7) is 4.04. The molecule has 20 heavy (non-hydrogen) atoms. The van der Waals surface area contributed by atoms with Gasteiger partial charge in [0.2, 0.25) is 5.95 Å². The van der Waals surface area contributed by atoms with Crippen LogP contribution in [0, 0.1) is 19.7 Å². The van der Waals surface area contributed by atoms with Crippen molar-refractivity contribution in [3.05, 3.63) is 41.6 Å². The highest BCUT2D eigenvalue weighted by molar-refractivity contribution is 5.79. The van der Waals surface area contributed by atoms with Crippen LogP contribution in [0.1, 0.15) is 11.1 Å². The van der Waals surface area contributed by atoms with Crippen LogP contribution < -0.4 is 5.32 Å². The van der Waals surface area contributed by atoms with E-state index in [1.807, 2.05) is 26.0 Å². The highest BCUT2D eigenvalue weighted by Gasteiger charge is 2.13. The predicted molar refractivity (Wildman–Crippen MR) is 75.6 cm³/mol. The Hall–Kier alpha value is -2.50. The lowest BCUT2D eigenvalue weighted by Gasteiger charge is -2.07. The molecule has 0 saturated carbocycles. The van der Waals surface area contributed by atoms with E-state index in [0.717, 1.165) is 28.4 Å². The van der Waals surface area contributed by atoms with Crippen LogP contribution in [0.15, 0.2) is 24.7 Å². The third-order valence-electron chi connectivity index (χ3n) is 3.34. The number of benzene rings is 1. The first-order valence-corrected chi connectivity index (χ1v) is 6.25. The first-order valence-electron chi connectivity index (χ1n) is 6.25. The topological polar surface area (TPSA) is 55.6 Å². The van der Waals surface area contributed by atoms with Gasteiger partial charge in [0.05, 0.1) is 17.2 Å². The summed E-state index contributed by atoms with van der Waals surface area (Å²) in [6, 6.07) is 3.97. The number of hydrogen-bond acceptors (Lipinski definition) is 4. The third kappa shape index (κ3) is 1.89. The molecule has 0 unspecified atom stereocenters. The summed E-state index contributed by atoms with van der Waals surface area (Å²) >= 11 is 0. The summed E-state index contributed by atoms with van der Waals surface area (Å²) in [4.78, 5) is 12.3. The molecule has 0 radical (unpaired) electrons. The molecule has 3 aromatic rings.